The van der Waals surface area contributed by atoms with Gasteiger partial charge in [0.2, 0.25) is 11.6 Å². The van der Waals surface area contributed by atoms with Crippen LogP contribution in [0.15, 0.2) is 522 Å². The van der Waals surface area contributed by atoms with E-state index in [4.69, 9.17) is 19.9 Å². The molecule has 0 fully saturated rings. The molecule has 0 aliphatic carbocycles. The predicted molar refractivity (Wildman–Crippen MR) is 609 cm³/mol. The van der Waals surface area contributed by atoms with Crippen molar-refractivity contribution in [2.45, 2.75) is 0 Å². The lowest BCUT2D eigenvalue weighted by Crippen LogP contribution is -2.74. The van der Waals surface area contributed by atoms with Crippen molar-refractivity contribution in [2.24, 2.45) is 0 Å². The molecule has 0 aliphatic heterocycles. The molecule has 0 bridgehead atoms. The van der Waals surface area contributed by atoms with Crippen molar-refractivity contribution in [2.75, 3.05) is 0 Å². The smallest absolute Gasteiger partial charge is 0.221 e. The van der Waals surface area contributed by atoms with Crippen LogP contribution < -0.4 is 41.5 Å². The molecule has 10 heterocycles. The molecule has 12 nitrogen and oxygen atoms in total. The SMILES string of the molecule is c1ccc([Si](c2ccccc2)(c2ccc(-c3cc(-n4c5ccccc5c5ccccc54)nc(-n4c5ccccc5c5cc(-c6ccc7c(c6)nc6n(-c8cc(-c9ccc([Si](c%10ccccc%10)(c%10ccccc%10)c%10ccc(-n%11c%12ccccc%12c%12ccccc%12%11)cc%10)cc9)cc(-n9c%10ccccc%10n%10c%11ccccc%11nc9%10)n8)c8ccccc8n76)ccc54)c3)cc2)c2ccc(-n3c4ccccc4c4ccccc43)cc2)cc1. The van der Waals surface area contributed by atoms with Crippen LogP contribution in [-0.2, 0) is 0 Å². The highest BCUT2D eigenvalue weighted by atomic mass is 28.3. The van der Waals surface area contributed by atoms with Crippen LogP contribution in [-0.4, -0.2) is 72.3 Å². The van der Waals surface area contributed by atoms with Crippen LogP contribution >= 0.6 is 0 Å². The summed E-state index contributed by atoms with van der Waals surface area (Å²) in [5.41, 5.74) is 25.2. The third-order valence-electron chi connectivity index (χ3n) is 30.8. The summed E-state index contributed by atoms with van der Waals surface area (Å²) in [6.45, 7) is 0. The third kappa shape index (κ3) is 12.4. The zero-order valence-corrected chi connectivity index (χ0v) is 81.0. The summed E-state index contributed by atoms with van der Waals surface area (Å²) in [6.07, 6.45) is 0. The average molecular weight is 1900 g/mol. The van der Waals surface area contributed by atoms with E-state index in [1.54, 1.807) is 0 Å². The molecule has 30 rings (SSSR count). The lowest BCUT2D eigenvalue weighted by molar-refractivity contribution is 0.983. The lowest BCUT2D eigenvalue weighted by atomic mass is 10.0. The van der Waals surface area contributed by atoms with Crippen molar-refractivity contribution in [1.29, 1.82) is 0 Å². The molecule has 682 valence electrons. The van der Waals surface area contributed by atoms with E-state index in [0.717, 1.165) is 145 Å². The summed E-state index contributed by atoms with van der Waals surface area (Å²) < 4.78 is 18.7. The Balaban J connectivity index is 0.558. The second kappa shape index (κ2) is 32.7. The standard InChI is InChI=1S/C132H86N12Si2/c1-5-33-95(34-6-1)145(96-35-7-2-8-36-96,101-75-67-93(68-76-101)137-113-49-21-13-41-103(113)104-42-14-22-50-114(104)137)99-71-61-87(62-72-99)91-83-127(139-117-53-25-17-45-107(117)108-46-18-26-54-118(108)139)135-128(84-91)140-119-55-27-19-47-109(119)110-81-89(65-79-120(110)140)90-66-80-122-112(82-90)134-132-142(122)124-58-30-32-60-126(124)144(132)130-86-92(85-129(136-130)143-125-59-31-29-57-123(125)141-121-56-28-20-48-111(121)133-131(141)143)88-63-73-100(74-64-88)146(97-37-9-3-10-38-97,98-39-11-4-12-40-98)102-77-69-94(70-78-102)138-115-51-23-15-43-105(115)106-44-16-24-52-116(106)138/h1-86H. The van der Waals surface area contributed by atoms with Gasteiger partial charge in [0.15, 0.2) is 16.1 Å². The molecule has 0 N–H and O–H groups in total. The fourth-order valence-corrected chi connectivity index (χ4v) is 33.9. The number of nitrogens with zero attached hydrogens (tertiary/aromatic N) is 12. The number of rotatable bonds is 17. The number of aromatic nitrogens is 12. The summed E-state index contributed by atoms with van der Waals surface area (Å²) in [6, 6.07) is 193. The zero-order chi connectivity index (χ0) is 95.8. The summed E-state index contributed by atoms with van der Waals surface area (Å²) in [5.74, 6) is 4.55. The number of benzene rings is 20. The monoisotopic (exact) mass is 1890 g/mol. The maximum Gasteiger partial charge on any atom is 0.221 e. The maximum absolute atomic E-state index is 5.90. The van der Waals surface area contributed by atoms with Crippen LogP contribution in [0.25, 0.3) is 211 Å². The van der Waals surface area contributed by atoms with E-state index in [1.807, 2.05) is 0 Å². The molecule has 0 amide bonds. The first kappa shape index (κ1) is 82.7. The molecule has 146 heavy (non-hydrogen) atoms. The molecule has 0 unspecified atom stereocenters. The summed E-state index contributed by atoms with van der Waals surface area (Å²) in [4.78, 5) is 23.1. The molecule has 20 aromatic carbocycles. The van der Waals surface area contributed by atoms with Gasteiger partial charge in [0, 0.05) is 54.5 Å². The summed E-state index contributed by atoms with van der Waals surface area (Å²) in [5, 5.41) is 19.9. The molecule has 14 heteroatoms. The maximum atomic E-state index is 5.90. The van der Waals surface area contributed by atoms with Gasteiger partial charge in [-0.2, -0.15) is 0 Å². The van der Waals surface area contributed by atoms with Gasteiger partial charge in [0.1, 0.15) is 23.3 Å². The third-order valence-corrected chi connectivity index (χ3v) is 40.4. The highest BCUT2D eigenvalue weighted by molar-refractivity contribution is 7.20. The van der Waals surface area contributed by atoms with E-state index in [9.17, 15) is 0 Å². The second-order valence-electron chi connectivity index (χ2n) is 38.4. The van der Waals surface area contributed by atoms with Crippen LogP contribution in [0.5, 0.6) is 0 Å². The highest BCUT2D eigenvalue weighted by Crippen LogP contribution is 2.43. The van der Waals surface area contributed by atoms with E-state index in [-0.39, 0.29) is 0 Å². The second-order valence-corrected chi connectivity index (χ2v) is 46.0. The molecule has 0 saturated heterocycles. The summed E-state index contributed by atoms with van der Waals surface area (Å²) in [7, 11) is -6.15. The Hall–Kier alpha value is -19.1. The zero-order valence-electron chi connectivity index (χ0n) is 79.0. The Bertz CT molecular complexity index is 10300. The van der Waals surface area contributed by atoms with Gasteiger partial charge in [0.25, 0.3) is 0 Å². The molecule has 0 atom stereocenters. The Kier molecular flexibility index (Phi) is 18.5. The van der Waals surface area contributed by atoms with Crippen LogP contribution in [0.1, 0.15) is 0 Å². The van der Waals surface area contributed by atoms with Gasteiger partial charge in [-0.25, -0.2) is 19.9 Å². The Morgan fingerprint density at radius 2 is 0.377 bits per heavy atom. The van der Waals surface area contributed by atoms with Gasteiger partial charge in [-0.15, -0.1) is 0 Å². The Labute approximate surface area is 840 Å². The average Bonchev–Trinajstić information content (AvgIpc) is 1.38. The molecule has 0 spiro atoms. The van der Waals surface area contributed by atoms with Gasteiger partial charge in [-0.1, -0.05) is 370 Å². The Morgan fingerprint density at radius 1 is 0.137 bits per heavy atom. The van der Waals surface area contributed by atoms with E-state index >= 15 is 0 Å². The molecule has 10 aromatic heterocycles. The van der Waals surface area contributed by atoms with Crippen molar-refractivity contribution < 1.29 is 0 Å². The minimum atomic E-state index is -3.09. The fraction of sp³-hybridized carbons (Fsp3) is 0. The number of hydrogen-bond acceptors (Lipinski definition) is 4. The molecule has 0 aliphatic rings. The molecule has 30 aromatic rings. The van der Waals surface area contributed by atoms with Crippen molar-refractivity contribution in [1.82, 2.24) is 56.1 Å². The quantitative estimate of drug-likeness (QED) is 0.0671. The molecule has 0 saturated carbocycles. The first-order valence-corrected chi connectivity index (χ1v) is 53.9. The summed E-state index contributed by atoms with van der Waals surface area (Å²) >= 11 is 0. The van der Waals surface area contributed by atoms with Crippen LogP contribution in [0.4, 0.5) is 0 Å². The van der Waals surface area contributed by atoms with E-state index in [2.05, 4.69) is 558 Å². The van der Waals surface area contributed by atoms with Crippen LogP contribution in [0, 0.1) is 0 Å². The lowest BCUT2D eigenvalue weighted by Gasteiger charge is -2.34. The van der Waals surface area contributed by atoms with Gasteiger partial charge in [0.05, 0.1) is 88.3 Å². The minimum Gasteiger partial charge on any atom is -0.309 e. The largest absolute Gasteiger partial charge is 0.309 e. The number of imidazole rings is 4. The Morgan fingerprint density at radius 3 is 0.733 bits per heavy atom. The minimum absolute atomic E-state index is 0.707. The number of fused-ring (bicyclic) bond motifs is 22. The fourth-order valence-electron chi connectivity index (χ4n) is 24.5. The van der Waals surface area contributed by atoms with Crippen LogP contribution in [0.3, 0.4) is 0 Å². The van der Waals surface area contributed by atoms with Gasteiger partial charge < -0.3 is 9.13 Å². The van der Waals surface area contributed by atoms with Gasteiger partial charge >= 0.3 is 0 Å². The van der Waals surface area contributed by atoms with Crippen molar-refractivity contribution in [3.63, 3.8) is 0 Å². The predicted octanol–water partition coefficient (Wildman–Crippen LogP) is 26.1. The van der Waals surface area contributed by atoms with E-state index < -0.39 is 16.1 Å². The first-order valence-electron chi connectivity index (χ1n) is 49.9. The number of hydrogen-bond donors (Lipinski definition) is 0. The first-order chi connectivity index (χ1) is 72.4. The molecular formula is C132H86N12Si2. The normalized spacial score (nSPS) is 12.2. The topological polar surface area (TPSA) is 90.0 Å². The van der Waals surface area contributed by atoms with E-state index in [0.29, 0.717) is 11.6 Å². The number of para-hydroxylation sites is 13. The van der Waals surface area contributed by atoms with Gasteiger partial charge in [-0.3, -0.25) is 27.1 Å². The highest BCUT2D eigenvalue weighted by Gasteiger charge is 2.44. The van der Waals surface area contributed by atoms with Crippen molar-refractivity contribution in [3.05, 3.63) is 522 Å². The molecular weight excluding hydrogens is 1810 g/mol. The van der Waals surface area contributed by atoms with Crippen molar-refractivity contribution >= 4 is 201 Å². The number of pyridine rings is 2. The van der Waals surface area contributed by atoms with Gasteiger partial charge in [-0.05, 0) is 227 Å². The molecule has 0 radical (unpaired) electrons. The van der Waals surface area contributed by atoms with Crippen molar-refractivity contribution in [3.8, 4) is 68.0 Å². The van der Waals surface area contributed by atoms with E-state index in [1.165, 1.54) is 95.9 Å². The van der Waals surface area contributed by atoms with Crippen LogP contribution in [0.2, 0.25) is 0 Å².